The van der Waals surface area contributed by atoms with Gasteiger partial charge in [0.2, 0.25) is 5.95 Å². The summed E-state index contributed by atoms with van der Waals surface area (Å²) in [5.41, 5.74) is 0. The molecule has 5 heteroatoms. The molecule has 2 atom stereocenters. The highest BCUT2D eigenvalue weighted by atomic mass is 16.4. The van der Waals surface area contributed by atoms with Gasteiger partial charge < -0.3 is 14.6 Å². The summed E-state index contributed by atoms with van der Waals surface area (Å²) in [6.07, 6.45) is 3.69. The van der Waals surface area contributed by atoms with Gasteiger partial charge in [0.1, 0.15) is 0 Å². The van der Waals surface area contributed by atoms with Crippen LogP contribution in [0.4, 0.5) is 5.95 Å². The number of hydrogen-bond acceptors (Lipinski definition) is 3. The van der Waals surface area contributed by atoms with Gasteiger partial charge in [0, 0.05) is 32.0 Å². The monoisotopic (exact) mass is 223 g/mol. The summed E-state index contributed by atoms with van der Waals surface area (Å²) in [5.74, 6) is 0.0872. The zero-order valence-corrected chi connectivity index (χ0v) is 9.63. The molecule has 0 bridgehead atoms. The lowest BCUT2D eigenvalue weighted by molar-refractivity contribution is -0.142. The molecule has 1 saturated heterocycles. The van der Waals surface area contributed by atoms with E-state index in [2.05, 4.69) is 16.8 Å². The van der Waals surface area contributed by atoms with Crippen LogP contribution in [0, 0.1) is 11.8 Å². The van der Waals surface area contributed by atoms with Crippen LogP contribution in [0.1, 0.15) is 13.8 Å². The number of aliphatic carboxylic acids is 1. The Kier molecular flexibility index (Phi) is 2.85. The molecular formula is C11H17N3O2. The average molecular weight is 223 g/mol. The maximum absolute atomic E-state index is 11.0. The second kappa shape index (κ2) is 4.15. The summed E-state index contributed by atoms with van der Waals surface area (Å²) < 4.78 is 2.04. The van der Waals surface area contributed by atoms with Crippen LogP contribution in [-0.4, -0.2) is 33.7 Å². The highest BCUT2D eigenvalue weighted by Crippen LogP contribution is 2.27. The van der Waals surface area contributed by atoms with E-state index >= 15 is 0 Å². The summed E-state index contributed by atoms with van der Waals surface area (Å²) >= 11 is 0. The Hall–Kier alpha value is -1.52. The lowest BCUT2D eigenvalue weighted by Crippen LogP contribution is -2.25. The van der Waals surface area contributed by atoms with E-state index in [0.717, 1.165) is 19.0 Å². The standard InChI is InChI=1S/C11H17N3O2/c1-3-13-5-4-12-11(13)14-6-8(2)9(7-14)10(15)16/h4-5,8-9H,3,6-7H2,1-2H3,(H,15,16)/t8-,9-/m1/s1. The van der Waals surface area contributed by atoms with Gasteiger partial charge in [-0.05, 0) is 12.8 Å². The summed E-state index contributed by atoms with van der Waals surface area (Å²) in [5, 5.41) is 9.07. The van der Waals surface area contributed by atoms with E-state index in [0.29, 0.717) is 6.54 Å². The van der Waals surface area contributed by atoms with E-state index in [1.165, 1.54) is 0 Å². The summed E-state index contributed by atoms with van der Waals surface area (Å²) in [7, 11) is 0. The third kappa shape index (κ3) is 1.77. The molecule has 0 unspecified atom stereocenters. The van der Waals surface area contributed by atoms with Crippen molar-refractivity contribution in [2.75, 3.05) is 18.0 Å². The minimum absolute atomic E-state index is 0.180. The molecule has 16 heavy (non-hydrogen) atoms. The minimum Gasteiger partial charge on any atom is -0.481 e. The van der Waals surface area contributed by atoms with Crippen LogP contribution in [0.3, 0.4) is 0 Å². The third-order valence-corrected chi connectivity index (χ3v) is 3.25. The van der Waals surface area contributed by atoms with Crippen LogP contribution >= 0.6 is 0 Å². The number of carboxylic acids is 1. The maximum Gasteiger partial charge on any atom is 0.308 e. The first kappa shape index (κ1) is 11.0. The number of aryl methyl sites for hydroxylation is 1. The fraction of sp³-hybridized carbons (Fsp3) is 0.636. The minimum atomic E-state index is -0.704. The number of aromatic nitrogens is 2. The Balaban J connectivity index is 2.16. The number of rotatable bonds is 3. The predicted molar refractivity (Wildman–Crippen MR) is 60.4 cm³/mol. The first-order valence-corrected chi connectivity index (χ1v) is 5.62. The molecule has 1 aliphatic heterocycles. The molecule has 1 fully saturated rings. The van der Waals surface area contributed by atoms with Crippen LogP contribution in [0.2, 0.25) is 0 Å². The molecule has 2 rings (SSSR count). The normalized spacial score (nSPS) is 25.0. The van der Waals surface area contributed by atoms with Crippen molar-refractivity contribution in [2.45, 2.75) is 20.4 Å². The van der Waals surface area contributed by atoms with Gasteiger partial charge in [0.15, 0.2) is 0 Å². The predicted octanol–water partition coefficient (Wildman–Crippen LogP) is 1.06. The first-order chi connectivity index (χ1) is 7.63. The molecular weight excluding hydrogens is 206 g/mol. The number of hydrogen-bond donors (Lipinski definition) is 1. The van der Waals surface area contributed by atoms with Crippen molar-refractivity contribution < 1.29 is 9.90 Å². The van der Waals surface area contributed by atoms with E-state index in [1.807, 2.05) is 17.7 Å². The largest absolute Gasteiger partial charge is 0.481 e. The van der Waals surface area contributed by atoms with Gasteiger partial charge in [-0.25, -0.2) is 4.98 Å². The number of carboxylic acid groups (broad SMARTS) is 1. The smallest absolute Gasteiger partial charge is 0.308 e. The zero-order chi connectivity index (χ0) is 11.7. The summed E-state index contributed by atoms with van der Waals surface area (Å²) in [6, 6.07) is 0. The van der Waals surface area contributed by atoms with Gasteiger partial charge in [0.25, 0.3) is 0 Å². The van der Waals surface area contributed by atoms with E-state index in [4.69, 9.17) is 5.11 Å². The van der Waals surface area contributed by atoms with Crippen LogP contribution in [0.5, 0.6) is 0 Å². The van der Waals surface area contributed by atoms with Crippen LogP contribution in [0.25, 0.3) is 0 Å². The molecule has 0 radical (unpaired) electrons. The lowest BCUT2D eigenvalue weighted by Gasteiger charge is -2.17. The number of carbonyl (C=O) groups is 1. The highest BCUT2D eigenvalue weighted by Gasteiger charge is 2.36. The summed E-state index contributed by atoms with van der Waals surface area (Å²) in [4.78, 5) is 17.4. The average Bonchev–Trinajstić information content (AvgIpc) is 2.82. The molecule has 5 nitrogen and oxygen atoms in total. The van der Waals surface area contributed by atoms with Crippen molar-refractivity contribution in [3.05, 3.63) is 12.4 Å². The molecule has 2 heterocycles. The highest BCUT2D eigenvalue weighted by molar-refractivity contribution is 5.72. The molecule has 0 spiro atoms. The lowest BCUT2D eigenvalue weighted by atomic mass is 9.99. The SMILES string of the molecule is CCn1ccnc1N1C[C@@H](C)[C@H](C(=O)O)C1. The van der Waals surface area contributed by atoms with Crippen molar-refractivity contribution in [2.24, 2.45) is 11.8 Å². The van der Waals surface area contributed by atoms with Crippen LogP contribution < -0.4 is 4.90 Å². The van der Waals surface area contributed by atoms with Crippen LogP contribution in [-0.2, 0) is 11.3 Å². The van der Waals surface area contributed by atoms with E-state index in [1.54, 1.807) is 6.20 Å². The topological polar surface area (TPSA) is 58.4 Å². The zero-order valence-electron chi connectivity index (χ0n) is 9.63. The Morgan fingerprint density at radius 1 is 1.62 bits per heavy atom. The third-order valence-electron chi connectivity index (χ3n) is 3.25. The molecule has 88 valence electrons. The second-order valence-corrected chi connectivity index (χ2v) is 4.34. The molecule has 0 amide bonds. The van der Waals surface area contributed by atoms with E-state index in [9.17, 15) is 4.79 Å². The van der Waals surface area contributed by atoms with Gasteiger partial charge in [-0.1, -0.05) is 6.92 Å². The van der Waals surface area contributed by atoms with Crippen molar-refractivity contribution in [1.29, 1.82) is 0 Å². The molecule has 1 aromatic rings. The number of anilines is 1. The fourth-order valence-electron chi connectivity index (χ4n) is 2.28. The molecule has 0 aliphatic carbocycles. The molecule has 0 aromatic carbocycles. The van der Waals surface area contributed by atoms with Gasteiger partial charge in [0.05, 0.1) is 5.92 Å². The molecule has 0 saturated carbocycles. The Morgan fingerprint density at radius 2 is 2.38 bits per heavy atom. The van der Waals surface area contributed by atoms with Crippen molar-refractivity contribution >= 4 is 11.9 Å². The summed E-state index contributed by atoms with van der Waals surface area (Å²) in [6.45, 7) is 6.23. The number of imidazole rings is 1. The molecule has 1 aromatic heterocycles. The quantitative estimate of drug-likeness (QED) is 0.832. The van der Waals surface area contributed by atoms with Gasteiger partial charge in [-0.15, -0.1) is 0 Å². The Bertz CT molecular complexity index is 388. The van der Waals surface area contributed by atoms with Gasteiger partial charge >= 0.3 is 5.97 Å². The van der Waals surface area contributed by atoms with E-state index in [-0.39, 0.29) is 11.8 Å². The first-order valence-electron chi connectivity index (χ1n) is 5.62. The van der Waals surface area contributed by atoms with Crippen molar-refractivity contribution in [3.63, 3.8) is 0 Å². The molecule has 1 aliphatic rings. The maximum atomic E-state index is 11.0. The van der Waals surface area contributed by atoms with Crippen molar-refractivity contribution in [3.8, 4) is 0 Å². The second-order valence-electron chi connectivity index (χ2n) is 4.34. The van der Waals surface area contributed by atoms with Gasteiger partial charge in [-0.2, -0.15) is 0 Å². The number of nitrogens with zero attached hydrogens (tertiary/aromatic N) is 3. The Labute approximate surface area is 94.7 Å². The van der Waals surface area contributed by atoms with Gasteiger partial charge in [-0.3, -0.25) is 4.79 Å². The molecule has 1 N–H and O–H groups in total. The van der Waals surface area contributed by atoms with Crippen LogP contribution in [0.15, 0.2) is 12.4 Å². The van der Waals surface area contributed by atoms with E-state index < -0.39 is 5.97 Å². The fourth-order valence-corrected chi connectivity index (χ4v) is 2.28. The van der Waals surface area contributed by atoms with Crippen molar-refractivity contribution in [1.82, 2.24) is 9.55 Å². The Morgan fingerprint density at radius 3 is 2.94 bits per heavy atom.